The SMILES string of the molecule is Cc1cccc(C)c1N1CC(C(=O)N2CCN(c3ccccn3)CC2)CC1=O. The zero-order valence-electron chi connectivity index (χ0n) is 16.5. The summed E-state index contributed by atoms with van der Waals surface area (Å²) in [7, 11) is 0. The first-order valence-corrected chi connectivity index (χ1v) is 9.86. The van der Waals surface area contributed by atoms with Crippen LogP contribution in [0.4, 0.5) is 11.5 Å². The summed E-state index contributed by atoms with van der Waals surface area (Å²) in [5.41, 5.74) is 3.11. The Morgan fingerprint density at radius 2 is 1.71 bits per heavy atom. The number of carbonyl (C=O) groups excluding carboxylic acids is 2. The molecule has 1 aromatic heterocycles. The maximum Gasteiger partial charge on any atom is 0.228 e. The molecule has 2 aliphatic rings. The molecule has 0 bridgehead atoms. The van der Waals surface area contributed by atoms with Crippen molar-refractivity contribution in [1.29, 1.82) is 0 Å². The highest BCUT2D eigenvalue weighted by Crippen LogP contribution is 2.31. The van der Waals surface area contributed by atoms with E-state index in [0.29, 0.717) is 26.1 Å². The normalized spacial score (nSPS) is 20.0. The number of nitrogens with zero attached hydrogens (tertiary/aromatic N) is 4. The summed E-state index contributed by atoms with van der Waals surface area (Å²) in [6.07, 6.45) is 2.09. The van der Waals surface area contributed by atoms with E-state index in [2.05, 4.69) is 9.88 Å². The van der Waals surface area contributed by atoms with Gasteiger partial charge in [0, 0.05) is 51.0 Å². The van der Waals surface area contributed by atoms with Gasteiger partial charge in [0.2, 0.25) is 11.8 Å². The van der Waals surface area contributed by atoms with E-state index in [-0.39, 0.29) is 17.7 Å². The third-order valence-corrected chi connectivity index (χ3v) is 5.75. The Hall–Kier alpha value is -2.89. The monoisotopic (exact) mass is 378 g/mol. The third-order valence-electron chi connectivity index (χ3n) is 5.75. The van der Waals surface area contributed by atoms with Gasteiger partial charge >= 0.3 is 0 Å². The molecule has 2 amide bonds. The van der Waals surface area contributed by atoms with Crippen LogP contribution >= 0.6 is 0 Å². The van der Waals surface area contributed by atoms with Crippen molar-refractivity contribution >= 4 is 23.3 Å². The molecule has 3 heterocycles. The van der Waals surface area contributed by atoms with Gasteiger partial charge in [0.15, 0.2) is 0 Å². The highest BCUT2D eigenvalue weighted by molar-refractivity contribution is 6.01. The Balaban J connectivity index is 1.41. The zero-order chi connectivity index (χ0) is 19.7. The number of anilines is 2. The van der Waals surface area contributed by atoms with Crippen molar-refractivity contribution in [3.63, 3.8) is 0 Å². The number of carbonyl (C=O) groups is 2. The smallest absolute Gasteiger partial charge is 0.228 e. The van der Waals surface area contributed by atoms with E-state index in [9.17, 15) is 9.59 Å². The van der Waals surface area contributed by atoms with Crippen LogP contribution < -0.4 is 9.80 Å². The van der Waals surface area contributed by atoms with Crippen LogP contribution in [0.2, 0.25) is 0 Å². The van der Waals surface area contributed by atoms with Crippen LogP contribution in [0.3, 0.4) is 0 Å². The fraction of sp³-hybridized carbons (Fsp3) is 0.409. The third kappa shape index (κ3) is 3.46. The van der Waals surface area contributed by atoms with E-state index in [0.717, 1.165) is 35.7 Å². The molecule has 0 aliphatic carbocycles. The molecule has 2 fully saturated rings. The van der Waals surface area contributed by atoms with Gasteiger partial charge in [-0.25, -0.2) is 4.98 Å². The summed E-state index contributed by atoms with van der Waals surface area (Å²) in [4.78, 5) is 36.0. The van der Waals surface area contributed by atoms with Crippen molar-refractivity contribution in [2.75, 3.05) is 42.5 Å². The second kappa shape index (κ2) is 7.62. The van der Waals surface area contributed by atoms with E-state index < -0.39 is 0 Å². The van der Waals surface area contributed by atoms with Gasteiger partial charge in [0.25, 0.3) is 0 Å². The minimum Gasteiger partial charge on any atom is -0.353 e. The van der Waals surface area contributed by atoms with Crippen LogP contribution in [-0.4, -0.2) is 54.4 Å². The number of pyridine rings is 1. The predicted octanol–water partition coefficient (Wildman–Crippen LogP) is 2.40. The number of benzene rings is 1. The lowest BCUT2D eigenvalue weighted by molar-refractivity contribution is -0.136. The van der Waals surface area contributed by atoms with E-state index in [4.69, 9.17) is 0 Å². The van der Waals surface area contributed by atoms with E-state index in [1.807, 2.05) is 55.1 Å². The molecule has 0 radical (unpaired) electrons. The quantitative estimate of drug-likeness (QED) is 0.823. The largest absolute Gasteiger partial charge is 0.353 e. The van der Waals surface area contributed by atoms with Crippen molar-refractivity contribution < 1.29 is 9.59 Å². The van der Waals surface area contributed by atoms with Crippen molar-refractivity contribution in [2.45, 2.75) is 20.3 Å². The molecule has 2 aliphatic heterocycles. The Labute approximate surface area is 165 Å². The van der Waals surface area contributed by atoms with Gasteiger partial charge in [-0.3, -0.25) is 9.59 Å². The number of para-hydroxylation sites is 1. The Kier molecular flexibility index (Phi) is 5.03. The molecule has 1 atom stereocenters. The van der Waals surface area contributed by atoms with E-state index >= 15 is 0 Å². The first kappa shape index (κ1) is 18.5. The molecule has 6 nitrogen and oxygen atoms in total. The molecule has 28 heavy (non-hydrogen) atoms. The van der Waals surface area contributed by atoms with Crippen molar-refractivity contribution in [2.24, 2.45) is 5.92 Å². The van der Waals surface area contributed by atoms with Crippen LogP contribution in [0.5, 0.6) is 0 Å². The highest BCUT2D eigenvalue weighted by Gasteiger charge is 2.38. The molecule has 4 rings (SSSR count). The van der Waals surface area contributed by atoms with Crippen molar-refractivity contribution in [3.8, 4) is 0 Å². The molecule has 146 valence electrons. The summed E-state index contributed by atoms with van der Waals surface area (Å²) in [6.45, 7) is 7.38. The Morgan fingerprint density at radius 1 is 1.00 bits per heavy atom. The number of hydrogen-bond donors (Lipinski definition) is 0. The average molecular weight is 378 g/mol. The molecule has 1 aromatic carbocycles. The number of aryl methyl sites for hydroxylation is 2. The lowest BCUT2D eigenvalue weighted by Gasteiger charge is -2.36. The topological polar surface area (TPSA) is 56.8 Å². The van der Waals surface area contributed by atoms with Crippen molar-refractivity contribution in [3.05, 3.63) is 53.7 Å². The second-order valence-electron chi connectivity index (χ2n) is 7.65. The zero-order valence-corrected chi connectivity index (χ0v) is 16.5. The van der Waals surface area contributed by atoms with Crippen molar-refractivity contribution in [1.82, 2.24) is 9.88 Å². The molecular formula is C22H26N4O2. The highest BCUT2D eigenvalue weighted by atomic mass is 16.2. The maximum absolute atomic E-state index is 13.0. The fourth-order valence-corrected chi connectivity index (χ4v) is 4.28. The Morgan fingerprint density at radius 3 is 2.36 bits per heavy atom. The Bertz CT molecular complexity index is 855. The van der Waals surface area contributed by atoms with Crippen LogP contribution in [0.25, 0.3) is 0 Å². The summed E-state index contributed by atoms with van der Waals surface area (Å²) >= 11 is 0. The van der Waals surface area contributed by atoms with E-state index in [1.54, 1.807) is 11.1 Å². The van der Waals surface area contributed by atoms with Gasteiger partial charge in [-0.05, 0) is 37.1 Å². The van der Waals surface area contributed by atoms with Crippen LogP contribution in [0.1, 0.15) is 17.5 Å². The van der Waals surface area contributed by atoms with Gasteiger partial charge in [0.05, 0.1) is 5.92 Å². The molecule has 0 spiro atoms. The second-order valence-corrected chi connectivity index (χ2v) is 7.65. The summed E-state index contributed by atoms with van der Waals surface area (Å²) in [5, 5.41) is 0. The number of amides is 2. The molecule has 2 aromatic rings. The first-order chi connectivity index (χ1) is 13.5. The predicted molar refractivity (Wildman–Crippen MR) is 109 cm³/mol. The van der Waals surface area contributed by atoms with Crippen LogP contribution in [0.15, 0.2) is 42.6 Å². The molecular weight excluding hydrogens is 352 g/mol. The first-order valence-electron chi connectivity index (χ1n) is 9.86. The van der Waals surface area contributed by atoms with Gasteiger partial charge < -0.3 is 14.7 Å². The van der Waals surface area contributed by atoms with Gasteiger partial charge in [-0.15, -0.1) is 0 Å². The van der Waals surface area contributed by atoms with E-state index in [1.165, 1.54) is 0 Å². The summed E-state index contributed by atoms with van der Waals surface area (Å²) < 4.78 is 0. The molecule has 2 saturated heterocycles. The summed E-state index contributed by atoms with van der Waals surface area (Å²) in [5.74, 6) is 0.838. The lowest BCUT2D eigenvalue weighted by Crippen LogP contribution is -2.51. The standard InChI is InChI=1S/C22H26N4O2/c1-16-6-5-7-17(2)21(16)26-15-18(14-20(26)27)22(28)25-12-10-24(11-13-25)19-8-3-4-9-23-19/h3-9,18H,10-15H2,1-2H3. The molecule has 1 unspecified atom stereocenters. The van der Waals surface area contributed by atoms with Crippen LogP contribution in [-0.2, 0) is 9.59 Å². The maximum atomic E-state index is 13.0. The fourth-order valence-electron chi connectivity index (χ4n) is 4.28. The minimum atomic E-state index is -0.257. The molecule has 0 N–H and O–H groups in total. The number of rotatable bonds is 3. The summed E-state index contributed by atoms with van der Waals surface area (Å²) in [6, 6.07) is 11.9. The number of piperazine rings is 1. The average Bonchev–Trinajstić information content (AvgIpc) is 3.09. The van der Waals surface area contributed by atoms with Gasteiger partial charge in [0.1, 0.15) is 5.82 Å². The lowest BCUT2D eigenvalue weighted by atomic mass is 10.1. The van der Waals surface area contributed by atoms with Gasteiger partial charge in [-0.1, -0.05) is 24.3 Å². The molecule has 6 heteroatoms. The number of hydrogen-bond acceptors (Lipinski definition) is 4. The number of aromatic nitrogens is 1. The van der Waals surface area contributed by atoms with Gasteiger partial charge in [-0.2, -0.15) is 0 Å². The molecule has 0 saturated carbocycles. The van der Waals surface area contributed by atoms with Crippen LogP contribution in [0, 0.1) is 19.8 Å². The minimum absolute atomic E-state index is 0.0443.